The average molecular weight is 315 g/mol. The number of hydrogen-bond donors (Lipinski definition) is 2. The van der Waals surface area contributed by atoms with Gasteiger partial charge in [0.05, 0.1) is 0 Å². The van der Waals surface area contributed by atoms with E-state index in [1.165, 1.54) is 0 Å². The first kappa shape index (κ1) is 20.4. The lowest BCUT2D eigenvalue weighted by Crippen LogP contribution is -2.43. The van der Waals surface area contributed by atoms with Gasteiger partial charge in [0.15, 0.2) is 0 Å². The number of ether oxygens (including phenoxy) is 1. The maximum atomic E-state index is 11.6. The number of carboxylic acid groups (broad SMARTS) is 1. The highest BCUT2D eigenvalue weighted by Crippen LogP contribution is 2.11. The second-order valence-corrected chi connectivity index (χ2v) is 6.55. The van der Waals surface area contributed by atoms with Gasteiger partial charge in [-0.15, -0.1) is 0 Å². The molecule has 0 fully saturated rings. The van der Waals surface area contributed by atoms with Crippen LogP contribution in [0.3, 0.4) is 0 Å². The van der Waals surface area contributed by atoms with Crippen molar-refractivity contribution in [1.29, 1.82) is 0 Å². The van der Waals surface area contributed by atoms with E-state index in [1.807, 2.05) is 0 Å². The normalized spacial score (nSPS) is 12.5. The van der Waals surface area contributed by atoms with Crippen molar-refractivity contribution in [2.45, 2.75) is 84.3 Å². The fourth-order valence-electron chi connectivity index (χ4n) is 1.96. The highest BCUT2D eigenvalue weighted by Gasteiger charge is 2.23. The number of amides is 1. The first-order valence-electron chi connectivity index (χ1n) is 7.83. The van der Waals surface area contributed by atoms with E-state index in [2.05, 4.69) is 5.32 Å². The molecule has 0 heterocycles. The molecule has 0 aromatic carbocycles. The minimum absolute atomic E-state index is 0.201. The summed E-state index contributed by atoms with van der Waals surface area (Å²) in [6.45, 7) is 6.76. The van der Waals surface area contributed by atoms with Gasteiger partial charge < -0.3 is 20.0 Å². The number of hydrogen-bond acceptors (Lipinski definition) is 4. The van der Waals surface area contributed by atoms with Crippen LogP contribution in [0.15, 0.2) is 0 Å². The molecule has 1 atom stereocenters. The highest BCUT2D eigenvalue weighted by atomic mass is 16.6. The molecule has 1 amide bonds. The predicted molar refractivity (Wildman–Crippen MR) is 83.8 cm³/mol. The molecule has 0 aromatic heterocycles. The van der Waals surface area contributed by atoms with E-state index >= 15 is 0 Å². The summed E-state index contributed by atoms with van der Waals surface area (Å²) in [5.74, 6) is -0.852. The number of carboxylic acids is 1. The SMILES string of the molecule is CC(=O)CCCCCCC[C@H](NC(=O)OC(C)(C)C)C(=O)O. The molecule has 0 aromatic rings. The summed E-state index contributed by atoms with van der Waals surface area (Å²) in [6.07, 6.45) is 4.70. The topological polar surface area (TPSA) is 92.7 Å². The van der Waals surface area contributed by atoms with Gasteiger partial charge in [0.2, 0.25) is 0 Å². The zero-order chi connectivity index (χ0) is 17.2. The van der Waals surface area contributed by atoms with Crippen molar-refractivity contribution in [1.82, 2.24) is 5.32 Å². The number of aliphatic carboxylic acids is 1. The lowest BCUT2D eigenvalue weighted by molar-refractivity contribution is -0.139. The van der Waals surface area contributed by atoms with Crippen molar-refractivity contribution in [3.8, 4) is 0 Å². The fraction of sp³-hybridized carbons (Fsp3) is 0.812. The van der Waals surface area contributed by atoms with Gasteiger partial charge in [0.1, 0.15) is 17.4 Å². The van der Waals surface area contributed by atoms with Crippen LogP contribution in [-0.4, -0.2) is 34.6 Å². The lowest BCUT2D eigenvalue weighted by atomic mass is 10.1. The maximum Gasteiger partial charge on any atom is 0.408 e. The van der Waals surface area contributed by atoms with E-state index in [1.54, 1.807) is 27.7 Å². The number of rotatable bonds is 10. The van der Waals surface area contributed by atoms with Crippen LogP contribution in [0, 0.1) is 0 Å². The van der Waals surface area contributed by atoms with Crippen molar-refractivity contribution < 1.29 is 24.2 Å². The highest BCUT2D eigenvalue weighted by molar-refractivity contribution is 5.79. The molecule has 2 N–H and O–H groups in total. The largest absolute Gasteiger partial charge is 0.480 e. The average Bonchev–Trinajstić information content (AvgIpc) is 2.33. The molecule has 0 saturated heterocycles. The summed E-state index contributed by atoms with van der Waals surface area (Å²) >= 11 is 0. The number of Topliss-reactive ketones (excluding diaryl/α,β-unsaturated/α-hetero) is 1. The molecule has 128 valence electrons. The number of carbonyl (C=O) groups excluding carboxylic acids is 2. The van der Waals surface area contributed by atoms with Crippen LogP contribution in [0.5, 0.6) is 0 Å². The molecule has 6 nitrogen and oxygen atoms in total. The monoisotopic (exact) mass is 315 g/mol. The molecule has 0 aliphatic heterocycles. The van der Waals surface area contributed by atoms with Crippen LogP contribution < -0.4 is 5.32 Å². The van der Waals surface area contributed by atoms with E-state index in [-0.39, 0.29) is 5.78 Å². The van der Waals surface area contributed by atoms with Crippen molar-refractivity contribution >= 4 is 17.8 Å². The number of carbonyl (C=O) groups is 3. The molecule has 22 heavy (non-hydrogen) atoms. The van der Waals surface area contributed by atoms with Crippen LogP contribution in [0.1, 0.15) is 72.6 Å². The van der Waals surface area contributed by atoms with Crippen LogP contribution >= 0.6 is 0 Å². The summed E-state index contributed by atoms with van der Waals surface area (Å²) < 4.78 is 5.05. The van der Waals surface area contributed by atoms with Gasteiger partial charge >= 0.3 is 12.1 Å². The Morgan fingerprint density at radius 3 is 2.09 bits per heavy atom. The smallest absolute Gasteiger partial charge is 0.408 e. The van der Waals surface area contributed by atoms with Crippen molar-refractivity contribution in [3.05, 3.63) is 0 Å². The Bertz CT molecular complexity index is 373. The van der Waals surface area contributed by atoms with Gasteiger partial charge in [-0.2, -0.15) is 0 Å². The molecular weight excluding hydrogens is 286 g/mol. The van der Waals surface area contributed by atoms with Crippen LogP contribution in [-0.2, 0) is 14.3 Å². The number of ketones is 1. The third-order valence-electron chi connectivity index (χ3n) is 3.01. The Kier molecular flexibility index (Phi) is 9.45. The Balaban J connectivity index is 3.94. The van der Waals surface area contributed by atoms with E-state index in [9.17, 15) is 14.4 Å². The first-order valence-corrected chi connectivity index (χ1v) is 7.83. The van der Waals surface area contributed by atoms with Crippen molar-refractivity contribution in [2.24, 2.45) is 0 Å². The minimum Gasteiger partial charge on any atom is -0.480 e. The van der Waals surface area contributed by atoms with Crippen molar-refractivity contribution in [2.75, 3.05) is 0 Å². The predicted octanol–water partition coefficient (Wildman–Crippen LogP) is 3.28. The van der Waals surface area contributed by atoms with Gasteiger partial charge in [0, 0.05) is 6.42 Å². The molecule has 0 aliphatic rings. The minimum atomic E-state index is -1.05. The molecule has 0 aliphatic carbocycles. The summed E-state index contributed by atoms with van der Waals surface area (Å²) in [7, 11) is 0. The Morgan fingerprint density at radius 1 is 1.05 bits per heavy atom. The fourth-order valence-corrected chi connectivity index (χ4v) is 1.96. The van der Waals surface area contributed by atoms with Gasteiger partial charge in [-0.05, 0) is 40.5 Å². The summed E-state index contributed by atoms with van der Waals surface area (Å²) in [5, 5.41) is 11.5. The second kappa shape index (κ2) is 10.2. The van der Waals surface area contributed by atoms with Crippen LogP contribution in [0.25, 0.3) is 0 Å². The van der Waals surface area contributed by atoms with Gasteiger partial charge in [-0.3, -0.25) is 0 Å². The quantitative estimate of drug-likeness (QED) is 0.603. The third kappa shape index (κ3) is 12.2. The van der Waals surface area contributed by atoms with Crippen LogP contribution in [0.2, 0.25) is 0 Å². The Labute approximate surface area is 132 Å². The molecular formula is C16H29NO5. The molecule has 0 spiro atoms. The summed E-state index contributed by atoms with van der Waals surface area (Å²) in [4.78, 5) is 33.5. The molecule has 0 saturated carbocycles. The molecule has 0 rings (SSSR count). The molecule has 6 heteroatoms. The summed E-state index contributed by atoms with van der Waals surface area (Å²) in [6, 6.07) is -0.924. The van der Waals surface area contributed by atoms with E-state index in [0.717, 1.165) is 25.7 Å². The second-order valence-electron chi connectivity index (χ2n) is 6.55. The van der Waals surface area contributed by atoms with E-state index in [0.29, 0.717) is 19.3 Å². The number of unbranched alkanes of at least 4 members (excludes halogenated alkanes) is 4. The number of alkyl carbamates (subject to hydrolysis) is 1. The molecule has 0 bridgehead atoms. The van der Waals surface area contributed by atoms with E-state index in [4.69, 9.17) is 9.84 Å². The van der Waals surface area contributed by atoms with Gasteiger partial charge in [0.25, 0.3) is 0 Å². The standard InChI is InChI=1S/C16H29NO5/c1-12(18)10-8-6-5-7-9-11-13(14(19)20)17-15(21)22-16(2,3)4/h13H,5-11H2,1-4H3,(H,17,21)(H,19,20)/t13-/m0/s1. The third-order valence-corrected chi connectivity index (χ3v) is 3.01. The summed E-state index contributed by atoms with van der Waals surface area (Å²) in [5.41, 5.74) is -0.649. The van der Waals surface area contributed by atoms with E-state index < -0.39 is 23.7 Å². The molecule has 0 unspecified atom stereocenters. The Morgan fingerprint density at radius 2 is 1.59 bits per heavy atom. The van der Waals surface area contributed by atoms with Crippen LogP contribution in [0.4, 0.5) is 4.79 Å². The zero-order valence-corrected chi connectivity index (χ0v) is 14.1. The lowest BCUT2D eigenvalue weighted by Gasteiger charge is -2.22. The maximum absolute atomic E-state index is 11.6. The zero-order valence-electron chi connectivity index (χ0n) is 14.1. The van der Waals surface area contributed by atoms with Gasteiger partial charge in [-0.1, -0.05) is 25.7 Å². The van der Waals surface area contributed by atoms with Gasteiger partial charge in [-0.25, -0.2) is 9.59 Å². The first-order chi connectivity index (χ1) is 10.1. The van der Waals surface area contributed by atoms with Crippen molar-refractivity contribution in [3.63, 3.8) is 0 Å². The Hall–Kier alpha value is -1.59. The number of nitrogens with one attached hydrogen (secondary N) is 1. The molecule has 0 radical (unpaired) electrons.